The first kappa shape index (κ1) is 12.2. The Bertz CT molecular complexity index is 402. The molecule has 0 atom stereocenters. The van der Waals surface area contributed by atoms with Crippen LogP contribution in [0.25, 0.3) is 0 Å². The Morgan fingerprint density at radius 3 is 2.62 bits per heavy atom. The van der Waals surface area contributed by atoms with Gasteiger partial charge in [0.25, 0.3) is 0 Å². The average molecular weight is 223 g/mol. The molecule has 88 valence electrons. The number of carbonyl (C=O) groups is 1. The SMILES string of the molecule is CCc1nc(N)cc(NC(C)(C)C(N)=O)n1. The molecular weight excluding hydrogens is 206 g/mol. The summed E-state index contributed by atoms with van der Waals surface area (Å²) in [5.74, 6) is 1.05. The molecule has 1 aromatic heterocycles. The van der Waals surface area contributed by atoms with Crippen molar-refractivity contribution in [3.05, 3.63) is 11.9 Å². The zero-order valence-electron chi connectivity index (χ0n) is 9.74. The predicted molar refractivity (Wildman–Crippen MR) is 62.7 cm³/mol. The minimum absolute atomic E-state index is 0.370. The molecule has 1 aromatic rings. The summed E-state index contributed by atoms with van der Waals surface area (Å²) in [6.45, 7) is 5.29. The summed E-state index contributed by atoms with van der Waals surface area (Å²) < 4.78 is 0. The van der Waals surface area contributed by atoms with E-state index >= 15 is 0 Å². The number of nitrogens with zero attached hydrogens (tertiary/aromatic N) is 2. The van der Waals surface area contributed by atoms with E-state index in [2.05, 4.69) is 15.3 Å². The number of anilines is 2. The third-order valence-corrected chi connectivity index (χ3v) is 2.17. The third-order valence-electron chi connectivity index (χ3n) is 2.17. The quantitative estimate of drug-likeness (QED) is 0.680. The molecule has 6 nitrogen and oxygen atoms in total. The van der Waals surface area contributed by atoms with Gasteiger partial charge in [-0.15, -0.1) is 0 Å². The minimum Gasteiger partial charge on any atom is -0.384 e. The number of aromatic nitrogens is 2. The second-order valence-corrected chi connectivity index (χ2v) is 4.06. The van der Waals surface area contributed by atoms with E-state index in [-0.39, 0.29) is 0 Å². The fourth-order valence-corrected chi connectivity index (χ4v) is 1.12. The maximum Gasteiger partial charge on any atom is 0.242 e. The van der Waals surface area contributed by atoms with Crippen LogP contribution in [0, 0.1) is 0 Å². The summed E-state index contributed by atoms with van der Waals surface area (Å²) in [4.78, 5) is 19.4. The molecule has 1 heterocycles. The number of nitrogen functional groups attached to an aromatic ring is 1. The third kappa shape index (κ3) is 2.82. The Kier molecular flexibility index (Phi) is 3.31. The lowest BCUT2D eigenvalue weighted by Gasteiger charge is -2.23. The van der Waals surface area contributed by atoms with Crippen LogP contribution in [0.3, 0.4) is 0 Å². The molecule has 0 spiro atoms. The molecule has 5 N–H and O–H groups in total. The van der Waals surface area contributed by atoms with Crippen molar-refractivity contribution in [2.75, 3.05) is 11.1 Å². The normalized spacial score (nSPS) is 11.2. The lowest BCUT2D eigenvalue weighted by atomic mass is 10.1. The molecule has 0 aliphatic carbocycles. The molecule has 0 saturated heterocycles. The van der Waals surface area contributed by atoms with E-state index in [0.717, 1.165) is 0 Å². The molecule has 0 radical (unpaired) electrons. The minimum atomic E-state index is -0.869. The number of rotatable bonds is 4. The molecule has 0 aliphatic rings. The van der Waals surface area contributed by atoms with Gasteiger partial charge in [-0.1, -0.05) is 6.92 Å². The average Bonchev–Trinajstić information content (AvgIpc) is 2.15. The van der Waals surface area contributed by atoms with Gasteiger partial charge in [0.1, 0.15) is 23.0 Å². The number of primary amides is 1. The highest BCUT2D eigenvalue weighted by Crippen LogP contribution is 2.14. The van der Waals surface area contributed by atoms with Gasteiger partial charge >= 0.3 is 0 Å². The molecule has 0 saturated carbocycles. The van der Waals surface area contributed by atoms with Crippen molar-refractivity contribution in [3.63, 3.8) is 0 Å². The summed E-state index contributed by atoms with van der Waals surface area (Å²) in [6.07, 6.45) is 0.677. The van der Waals surface area contributed by atoms with Gasteiger partial charge in [-0.2, -0.15) is 0 Å². The molecule has 16 heavy (non-hydrogen) atoms. The van der Waals surface area contributed by atoms with E-state index in [1.165, 1.54) is 0 Å². The van der Waals surface area contributed by atoms with Crippen LogP contribution in [0.5, 0.6) is 0 Å². The lowest BCUT2D eigenvalue weighted by molar-refractivity contribution is -0.121. The van der Waals surface area contributed by atoms with Gasteiger partial charge in [0, 0.05) is 12.5 Å². The van der Waals surface area contributed by atoms with Crippen molar-refractivity contribution < 1.29 is 4.79 Å². The number of amides is 1. The van der Waals surface area contributed by atoms with Crippen LogP contribution >= 0.6 is 0 Å². The van der Waals surface area contributed by atoms with Crippen molar-refractivity contribution in [2.45, 2.75) is 32.7 Å². The molecular formula is C10H17N5O. The van der Waals surface area contributed by atoms with Gasteiger partial charge in [0.15, 0.2) is 0 Å². The highest BCUT2D eigenvalue weighted by atomic mass is 16.1. The van der Waals surface area contributed by atoms with Gasteiger partial charge in [-0.25, -0.2) is 9.97 Å². The second kappa shape index (κ2) is 4.34. The van der Waals surface area contributed by atoms with Crippen LogP contribution < -0.4 is 16.8 Å². The van der Waals surface area contributed by atoms with E-state index in [1.54, 1.807) is 19.9 Å². The van der Waals surface area contributed by atoms with E-state index in [9.17, 15) is 4.79 Å². The van der Waals surface area contributed by atoms with Crippen LogP contribution in [0.15, 0.2) is 6.07 Å². The number of aryl methyl sites for hydroxylation is 1. The fourth-order valence-electron chi connectivity index (χ4n) is 1.12. The Balaban J connectivity index is 2.97. The zero-order chi connectivity index (χ0) is 12.3. The molecule has 0 unspecified atom stereocenters. The highest BCUT2D eigenvalue weighted by Gasteiger charge is 2.25. The standard InChI is InChI=1S/C10H17N5O/c1-4-7-13-6(11)5-8(14-7)15-10(2,3)9(12)16/h5H,4H2,1-3H3,(H2,12,16)(H3,11,13,14,15). The Morgan fingerprint density at radius 2 is 2.12 bits per heavy atom. The van der Waals surface area contributed by atoms with E-state index < -0.39 is 11.4 Å². The van der Waals surface area contributed by atoms with E-state index in [0.29, 0.717) is 23.9 Å². The van der Waals surface area contributed by atoms with E-state index in [4.69, 9.17) is 11.5 Å². The van der Waals surface area contributed by atoms with Crippen molar-refractivity contribution in [1.29, 1.82) is 0 Å². The van der Waals surface area contributed by atoms with Crippen molar-refractivity contribution >= 4 is 17.5 Å². The summed E-state index contributed by atoms with van der Waals surface area (Å²) >= 11 is 0. The first-order valence-electron chi connectivity index (χ1n) is 5.06. The Hall–Kier alpha value is -1.85. The molecule has 0 aromatic carbocycles. The maximum absolute atomic E-state index is 11.1. The monoisotopic (exact) mass is 223 g/mol. The van der Waals surface area contributed by atoms with Gasteiger partial charge in [-0.05, 0) is 13.8 Å². The second-order valence-electron chi connectivity index (χ2n) is 4.06. The Labute approximate surface area is 94.5 Å². The molecule has 6 heteroatoms. The van der Waals surface area contributed by atoms with Gasteiger partial charge in [0.05, 0.1) is 0 Å². The summed E-state index contributed by atoms with van der Waals surface area (Å²) in [6, 6.07) is 1.57. The summed E-state index contributed by atoms with van der Waals surface area (Å²) in [7, 11) is 0. The molecule has 0 bridgehead atoms. The zero-order valence-corrected chi connectivity index (χ0v) is 9.74. The number of hydrogen-bond donors (Lipinski definition) is 3. The number of carbonyl (C=O) groups excluding carboxylic acids is 1. The molecule has 1 amide bonds. The first-order valence-corrected chi connectivity index (χ1v) is 5.06. The summed E-state index contributed by atoms with van der Waals surface area (Å²) in [5, 5.41) is 2.93. The van der Waals surface area contributed by atoms with E-state index in [1.807, 2.05) is 6.92 Å². The van der Waals surface area contributed by atoms with Crippen molar-refractivity contribution in [3.8, 4) is 0 Å². The smallest absolute Gasteiger partial charge is 0.242 e. The topological polar surface area (TPSA) is 107 Å². The van der Waals surface area contributed by atoms with Crippen LogP contribution in [-0.4, -0.2) is 21.4 Å². The van der Waals surface area contributed by atoms with Crippen LogP contribution in [0.4, 0.5) is 11.6 Å². The molecule has 1 rings (SSSR count). The van der Waals surface area contributed by atoms with Crippen LogP contribution in [-0.2, 0) is 11.2 Å². The van der Waals surface area contributed by atoms with Crippen LogP contribution in [0.2, 0.25) is 0 Å². The van der Waals surface area contributed by atoms with Gasteiger partial charge in [-0.3, -0.25) is 4.79 Å². The molecule has 0 fully saturated rings. The fraction of sp³-hybridized carbons (Fsp3) is 0.500. The number of nitrogens with one attached hydrogen (secondary N) is 1. The maximum atomic E-state index is 11.1. The molecule has 0 aliphatic heterocycles. The van der Waals surface area contributed by atoms with Gasteiger partial charge in [0.2, 0.25) is 5.91 Å². The lowest BCUT2D eigenvalue weighted by Crippen LogP contribution is -2.45. The largest absolute Gasteiger partial charge is 0.384 e. The highest BCUT2D eigenvalue weighted by molar-refractivity contribution is 5.86. The number of hydrogen-bond acceptors (Lipinski definition) is 5. The van der Waals surface area contributed by atoms with Crippen molar-refractivity contribution in [2.24, 2.45) is 5.73 Å². The summed E-state index contributed by atoms with van der Waals surface area (Å²) in [5.41, 5.74) is 10.0. The predicted octanol–water partition coefficient (Wildman–Crippen LogP) is 0.297. The van der Waals surface area contributed by atoms with Crippen molar-refractivity contribution in [1.82, 2.24) is 9.97 Å². The van der Waals surface area contributed by atoms with Gasteiger partial charge < -0.3 is 16.8 Å². The Morgan fingerprint density at radius 1 is 1.50 bits per heavy atom. The number of nitrogens with two attached hydrogens (primary N) is 2. The van der Waals surface area contributed by atoms with Crippen LogP contribution in [0.1, 0.15) is 26.6 Å². The first-order chi connectivity index (χ1) is 7.35.